The number of amides is 1. The first kappa shape index (κ1) is 12.2. The van der Waals surface area contributed by atoms with E-state index in [-0.39, 0.29) is 5.91 Å². The Morgan fingerprint density at radius 1 is 1.37 bits per heavy atom. The number of para-hydroxylation sites is 1. The summed E-state index contributed by atoms with van der Waals surface area (Å²) in [5, 5.41) is 5.95. The van der Waals surface area contributed by atoms with Gasteiger partial charge < -0.3 is 10.2 Å². The smallest absolute Gasteiger partial charge is 0.227 e. The van der Waals surface area contributed by atoms with Crippen LogP contribution in [0.15, 0.2) is 29.6 Å². The van der Waals surface area contributed by atoms with E-state index in [9.17, 15) is 4.79 Å². The maximum atomic E-state index is 11.9. The van der Waals surface area contributed by atoms with E-state index in [2.05, 4.69) is 10.3 Å². The molecule has 0 bridgehead atoms. The molecule has 0 saturated carbocycles. The lowest BCUT2D eigenvalue weighted by Crippen LogP contribution is -2.24. The first-order chi connectivity index (χ1) is 9.29. The molecule has 1 fully saturated rings. The van der Waals surface area contributed by atoms with Gasteiger partial charge in [-0.05, 0) is 12.5 Å². The van der Waals surface area contributed by atoms with Crippen molar-refractivity contribution in [3.8, 4) is 11.3 Å². The van der Waals surface area contributed by atoms with E-state index in [0.717, 1.165) is 35.0 Å². The van der Waals surface area contributed by atoms with Gasteiger partial charge in [0.25, 0.3) is 0 Å². The Kier molecular flexibility index (Phi) is 3.21. The molecule has 19 heavy (non-hydrogen) atoms. The largest absolute Gasteiger partial charge is 0.365 e. The van der Waals surface area contributed by atoms with Crippen LogP contribution >= 0.6 is 11.3 Å². The summed E-state index contributed by atoms with van der Waals surface area (Å²) in [7, 11) is 1.86. The summed E-state index contributed by atoms with van der Waals surface area (Å²) in [6, 6.07) is 7.97. The summed E-state index contributed by atoms with van der Waals surface area (Å²) in [4.78, 5) is 18.3. The van der Waals surface area contributed by atoms with Crippen molar-refractivity contribution >= 4 is 28.1 Å². The molecule has 0 spiro atoms. The van der Waals surface area contributed by atoms with E-state index in [4.69, 9.17) is 0 Å². The van der Waals surface area contributed by atoms with Crippen molar-refractivity contribution in [3.05, 3.63) is 29.6 Å². The second kappa shape index (κ2) is 5.01. The number of rotatable bonds is 3. The van der Waals surface area contributed by atoms with Crippen LogP contribution in [0.5, 0.6) is 0 Å². The summed E-state index contributed by atoms with van der Waals surface area (Å²) >= 11 is 1.57. The average Bonchev–Trinajstić information content (AvgIpc) is 3.07. The molecule has 2 aromatic rings. The zero-order chi connectivity index (χ0) is 13.2. The molecule has 1 aliphatic rings. The van der Waals surface area contributed by atoms with Gasteiger partial charge in [-0.3, -0.25) is 4.79 Å². The van der Waals surface area contributed by atoms with Crippen LogP contribution in [0.2, 0.25) is 0 Å². The highest BCUT2D eigenvalue weighted by molar-refractivity contribution is 7.14. The number of hydrogen-bond donors (Lipinski definition) is 1. The first-order valence-corrected chi connectivity index (χ1v) is 7.20. The lowest BCUT2D eigenvalue weighted by Gasteiger charge is -2.18. The summed E-state index contributed by atoms with van der Waals surface area (Å²) < 4.78 is 0. The zero-order valence-corrected chi connectivity index (χ0v) is 11.5. The predicted molar refractivity (Wildman–Crippen MR) is 78.7 cm³/mol. The van der Waals surface area contributed by atoms with Gasteiger partial charge in [0, 0.05) is 31.0 Å². The first-order valence-electron chi connectivity index (χ1n) is 6.32. The van der Waals surface area contributed by atoms with Crippen LogP contribution in [-0.4, -0.2) is 24.5 Å². The van der Waals surface area contributed by atoms with Crippen molar-refractivity contribution in [2.24, 2.45) is 0 Å². The fourth-order valence-corrected chi connectivity index (χ4v) is 3.01. The Hall–Kier alpha value is -1.88. The minimum absolute atomic E-state index is 0.205. The SMILES string of the molecule is CNc1nc(-c2ccccc2N2CCCC2=O)cs1. The molecule has 1 aliphatic heterocycles. The highest BCUT2D eigenvalue weighted by Crippen LogP contribution is 2.34. The van der Waals surface area contributed by atoms with E-state index in [0.29, 0.717) is 6.42 Å². The number of carbonyl (C=O) groups excluding carboxylic acids is 1. The fourth-order valence-electron chi connectivity index (χ4n) is 2.34. The van der Waals surface area contributed by atoms with Crippen LogP contribution in [-0.2, 0) is 4.79 Å². The molecular formula is C14H15N3OS. The minimum Gasteiger partial charge on any atom is -0.365 e. The van der Waals surface area contributed by atoms with Crippen molar-refractivity contribution in [1.29, 1.82) is 0 Å². The molecule has 4 nitrogen and oxygen atoms in total. The van der Waals surface area contributed by atoms with E-state index in [1.165, 1.54) is 0 Å². The molecule has 5 heteroatoms. The second-order valence-corrected chi connectivity index (χ2v) is 5.31. The molecule has 1 saturated heterocycles. The van der Waals surface area contributed by atoms with E-state index < -0.39 is 0 Å². The van der Waals surface area contributed by atoms with Gasteiger partial charge in [0.1, 0.15) is 0 Å². The maximum absolute atomic E-state index is 11.9. The van der Waals surface area contributed by atoms with Crippen LogP contribution in [0.3, 0.4) is 0 Å². The molecule has 0 unspecified atom stereocenters. The van der Waals surface area contributed by atoms with Gasteiger partial charge in [0.2, 0.25) is 5.91 Å². The highest BCUT2D eigenvalue weighted by Gasteiger charge is 2.24. The van der Waals surface area contributed by atoms with Crippen molar-refractivity contribution in [2.45, 2.75) is 12.8 Å². The number of hydrogen-bond acceptors (Lipinski definition) is 4. The van der Waals surface area contributed by atoms with Crippen LogP contribution in [0.1, 0.15) is 12.8 Å². The van der Waals surface area contributed by atoms with Crippen LogP contribution < -0.4 is 10.2 Å². The van der Waals surface area contributed by atoms with Crippen molar-refractivity contribution in [2.75, 3.05) is 23.8 Å². The number of nitrogens with one attached hydrogen (secondary N) is 1. The number of nitrogens with zero attached hydrogens (tertiary/aromatic N) is 2. The zero-order valence-electron chi connectivity index (χ0n) is 10.7. The monoisotopic (exact) mass is 273 g/mol. The maximum Gasteiger partial charge on any atom is 0.227 e. The summed E-state index contributed by atoms with van der Waals surface area (Å²) in [5.41, 5.74) is 2.91. The fraction of sp³-hybridized carbons (Fsp3) is 0.286. The quantitative estimate of drug-likeness (QED) is 0.935. The molecule has 98 valence electrons. The Bertz CT molecular complexity index is 608. The molecule has 1 amide bonds. The standard InChI is InChI=1S/C14H15N3OS/c1-15-14-16-11(9-19-14)10-5-2-3-6-12(10)17-8-4-7-13(17)18/h2-3,5-6,9H,4,7-8H2,1H3,(H,15,16). The van der Waals surface area contributed by atoms with Crippen LogP contribution in [0, 0.1) is 0 Å². The summed E-state index contributed by atoms with van der Waals surface area (Å²) in [5.74, 6) is 0.205. The van der Waals surface area contributed by atoms with Gasteiger partial charge in [0.15, 0.2) is 5.13 Å². The Labute approximate surface area is 116 Å². The Balaban J connectivity index is 2.04. The number of aromatic nitrogens is 1. The number of thiazole rings is 1. The van der Waals surface area contributed by atoms with Crippen molar-refractivity contribution < 1.29 is 4.79 Å². The lowest BCUT2D eigenvalue weighted by molar-refractivity contribution is -0.117. The number of carbonyl (C=O) groups is 1. The van der Waals surface area contributed by atoms with E-state index in [1.807, 2.05) is 41.6 Å². The van der Waals surface area contributed by atoms with Crippen LogP contribution in [0.4, 0.5) is 10.8 Å². The molecule has 3 rings (SSSR count). The molecule has 0 atom stereocenters. The summed E-state index contributed by atoms with van der Waals surface area (Å²) in [6.07, 6.45) is 1.58. The van der Waals surface area contributed by atoms with Gasteiger partial charge in [0.05, 0.1) is 11.4 Å². The topological polar surface area (TPSA) is 45.2 Å². The van der Waals surface area contributed by atoms with E-state index in [1.54, 1.807) is 11.3 Å². The average molecular weight is 273 g/mol. The highest BCUT2D eigenvalue weighted by atomic mass is 32.1. The molecule has 0 aliphatic carbocycles. The van der Waals surface area contributed by atoms with Gasteiger partial charge in [-0.15, -0.1) is 11.3 Å². The summed E-state index contributed by atoms with van der Waals surface area (Å²) in [6.45, 7) is 0.804. The Morgan fingerprint density at radius 2 is 2.21 bits per heavy atom. The number of anilines is 2. The second-order valence-electron chi connectivity index (χ2n) is 4.45. The molecule has 2 heterocycles. The Morgan fingerprint density at radius 3 is 2.89 bits per heavy atom. The van der Waals surface area contributed by atoms with Crippen molar-refractivity contribution in [1.82, 2.24) is 4.98 Å². The predicted octanol–water partition coefficient (Wildman–Crippen LogP) is 2.98. The third kappa shape index (κ3) is 2.21. The third-order valence-corrected chi connectivity index (χ3v) is 4.12. The van der Waals surface area contributed by atoms with Gasteiger partial charge in [-0.1, -0.05) is 18.2 Å². The minimum atomic E-state index is 0.205. The molecular weight excluding hydrogens is 258 g/mol. The van der Waals surface area contributed by atoms with Gasteiger partial charge in [-0.25, -0.2) is 4.98 Å². The van der Waals surface area contributed by atoms with E-state index >= 15 is 0 Å². The molecule has 1 aromatic carbocycles. The van der Waals surface area contributed by atoms with Crippen LogP contribution in [0.25, 0.3) is 11.3 Å². The van der Waals surface area contributed by atoms with Crippen molar-refractivity contribution in [3.63, 3.8) is 0 Å². The molecule has 0 radical (unpaired) electrons. The van der Waals surface area contributed by atoms with Gasteiger partial charge >= 0.3 is 0 Å². The lowest BCUT2D eigenvalue weighted by atomic mass is 10.1. The normalized spacial score (nSPS) is 15.0. The third-order valence-electron chi connectivity index (χ3n) is 3.26. The molecule has 1 aromatic heterocycles. The molecule has 1 N–H and O–H groups in total. The van der Waals surface area contributed by atoms with Gasteiger partial charge in [-0.2, -0.15) is 0 Å². The number of benzene rings is 1.